The summed E-state index contributed by atoms with van der Waals surface area (Å²) in [6, 6.07) is 12.2. The number of carbonyl (C=O) groups excluding carboxylic acids is 2. The number of anilines is 1. The van der Waals surface area contributed by atoms with Crippen molar-refractivity contribution in [3.63, 3.8) is 0 Å². The molecule has 0 heterocycles. The van der Waals surface area contributed by atoms with Crippen LogP contribution in [0.2, 0.25) is 10.0 Å². The highest BCUT2D eigenvalue weighted by molar-refractivity contribution is 9.10. The molecule has 130 valence electrons. The average Bonchev–Trinajstić information content (AvgIpc) is 2.57. The average molecular weight is 443 g/mol. The van der Waals surface area contributed by atoms with Gasteiger partial charge in [0.05, 0.1) is 16.9 Å². The molecule has 25 heavy (non-hydrogen) atoms. The molecule has 0 fully saturated rings. The molecule has 5 nitrogen and oxygen atoms in total. The molecule has 0 saturated heterocycles. The second-order valence-electron chi connectivity index (χ2n) is 5.02. The van der Waals surface area contributed by atoms with E-state index >= 15 is 0 Å². The van der Waals surface area contributed by atoms with E-state index < -0.39 is 0 Å². The molecule has 2 aromatic rings. The molecule has 8 heteroatoms. The van der Waals surface area contributed by atoms with Crippen molar-refractivity contribution in [3.8, 4) is 0 Å². The number of benzene rings is 2. The van der Waals surface area contributed by atoms with E-state index in [0.29, 0.717) is 15.7 Å². The second-order valence-corrected chi connectivity index (χ2v) is 6.78. The molecular weight excluding hydrogens is 429 g/mol. The lowest BCUT2D eigenvalue weighted by Crippen LogP contribution is -2.20. The summed E-state index contributed by atoms with van der Waals surface area (Å²) in [5.74, 6) is -0.679. The Morgan fingerprint density at radius 2 is 1.72 bits per heavy atom. The predicted octanol–water partition coefficient (Wildman–Crippen LogP) is 4.62. The largest absolute Gasteiger partial charge is 0.325 e. The number of hydrogen-bond donors (Lipinski definition) is 2. The van der Waals surface area contributed by atoms with Crippen LogP contribution in [0.1, 0.15) is 18.4 Å². The van der Waals surface area contributed by atoms with Crippen LogP contribution in [0.15, 0.2) is 52.0 Å². The topological polar surface area (TPSA) is 70.6 Å². The van der Waals surface area contributed by atoms with Crippen molar-refractivity contribution in [1.82, 2.24) is 5.43 Å². The maximum atomic E-state index is 11.9. The van der Waals surface area contributed by atoms with Crippen molar-refractivity contribution in [3.05, 3.63) is 62.5 Å². The van der Waals surface area contributed by atoms with Gasteiger partial charge in [0.15, 0.2) is 0 Å². The van der Waals surface area contributed by atoms with Crippen molar-refractivity contribution < 1.29 is 9.59 Å². The van der Waals surface area contributed by atoms with Crippen LogP contribution in [0.4, 0.5) is 5.69 Å². The minimum Gasteiger partial charge on any atom is -0.325 e. The molecule has 0 saturated carbocycles. The molecule has 2 amide bonds. The summed E-state index contributed by atoms with van der Waals surface area (Å²) in [6.07, 6.45) is 1.55. The molecule has 0 aliphatic heterocycles. The normalized spacial score (nSPS) is 10.7. The minimum absolute atomic E-state index is 0.00865. The van der Waals surface area contributed by atoms with Crippen LogP contribution in [0.25, 0.3) is 0 Å². The van der Waals surface area contributed by atoms with Crippen LogP contribution in [-0.4, -0.2) is 18.0 Å². The highest BCUT2D eigenvalue weighted by Gasteiger charge is 2.09. The van der Waals surface area contributed by atoms with E-state index in [2.05, 4.69) is 31.8 Å². The zero-order valence-electron chi connectivity index (χ0n) is 12.9. The molecule has 0 aromatic heterocycles. The third-order valence-corrected chi connectivity index (χ3v) is 4.13. The van der Waals surface area contributed by atoms with Gasteiger partial charge in [0.25, 0.3) is 0 Å². The van der Waals surface area contributed by atoms with Gasteiger partial charge in [-0.05, 0) is 35.9 Å². The van der Waals surface area contributed by atoms with E-state index in [0.717, 1.165) is 10.0 Å². The summed E-state index contributed by atoms with van der Waals surface area (Å²) in [5, 5.41) is 7.29. The highest BCUT2D eigenvalue weighted by Crippen LogP contribution is 2.25. The van der Waals surface area contributed by atoms with Crippen molar-refractivity contribution in [2.24, 2.45) is 5.10 Å². The minimum atomic E-state index is -0.356. The van der Waals surface area contributed by atoms with E-state index in [1.807, 2.05) is 24.3 Å². The summed E-state index contributed by atoms with van der Waals surface area (Å²) in [5.41, 5.74) is 3.67. The fourth-order valence-corrected chi connectivity index (χ4v) is 2.53. The fourth-order valence-electron chi connectivity index (χ4n) is 1.81. The third kappa shape index (κ3) is 6.86. The lowest BCUT2D eigenvalue weighted by molar-refractivity contribution is -0.124. The van der Waals surface area contributed by atoms with Crippen LogP contribution < -0.4 is 10.7 Å². The zero-order chi connectivity index (χ0) is 18.2. The highest BCUT2D eigenvalue weighted by atomic mass is 79.9. The summed E-state index contributed by atoms with van der Waals surface area (Å²) in [7, 11) is 0. The zero-order valence-corrected chi connectivity index (χ0v) is 16.0. The van der Waals surface area contributed by atoms with Crippen LogP contribution >= 0.6 is 39.1 Å². The maximum Gasteiger partial charge on any atom is 0.240 e. The maximum absolute atomic E-state index is 11.9. The first-order valence-electron chi connectivity index (χ1n) is 7.26. The Labute approximate surface area is 163 Å². The molecular formula is C17H14BrCl2N3O2. The van der Waals surface area contributed by atoms with Crippen LogP contribution in [0.5, 0.6) is 0 Å². The van der Waals surface area contributed by atoms with Gasteiger partial charge in [0.2, 0.25) is 11.8 Å². The van der Waals surface area contributed by atoms with Crippen molar-refractivity contribution >= 4 is 62.8 Å². The van der Waals surface area contributed by atoms with Gasteiger partial charge in [-0.1, -0.05) is 51.3 Å². The van der Waals surface area contributed by atoms with Crippen LogP contribution in [0, 0.1) is 0 Å². The second kappa shape index (κ2) is 9.56. The predicted molar refractivity (Wildman–Crippen MR) is 104 cm³/mol. The number of halogens is 3. The number of amides is 2. The quantitative estimate of drug-likeness (QED) is 0.505. The standard InChI is InChI=1S/C17H14BrCl2N3O2/c18-12-3-1-11(2-4-12)10-21-23-17(25)8-7-16(24)22-15-6-5-13(19)9-14(15)20/h1-6,9-10H,7-8H2,(H,22,24)(H,23,25). The van der Waals surface area contributed by atoms with E-state index in [1.165, 1.54) is 12.3 Å². The summed E-state index contributed by atoms with van der Waals surface area (Å²) < 4.78 is 0.959. The van der Waals surface area contributed by atoms with E-state index in [-0.39, 0.29) is 24.7 Å². The monoisotopic (exact) mass is 441 g/mol. The number of hydrogen-bond acceptors (Lipinski definition) is 3. The van der Waals surface area contributed by atoms with Crippen LogP contribution in [0.3, 0.4) is 0 Å². The number of nitrogens with zero attached hydrogens (tertiary/aromatic N) is 1. The van der Waals surface area contributed by atoms with E-state index in [1.54, 1.807) is 12.1 Å². The number of nitrogens with one attached hydrogen (secondary N) is 2. The van der Waals surface area contributed by atoms with Gasteiger partial charge < -0.3 is 5.32 Å². The van der Waals surface area contributed by atoms with Crippen molar-refractivity contribution in [1.29, 1.82) is 0 Å². The number of rotatable bonds is 6. The summed E-state index contributed by atoms with van der Waals surface area (Å²) in [6.45, 7) is 0. The molecule has 0 spiro atoms. The van der Waals surface area contributed by atoms with Gasteiger partial charge in [-0.2, -0.15) is 5.10 Å². The Morgan fingerprint density at radius 3 is 2.40 bits per heavy atom. The molecule has 0 unspecified atom stereocenters. The number of carbonyl (C=O) groups is 2. The smallest absolute Gasteiger partial charge is 0.240 e. The number of hydrazone groups is 1. The Morgan fingerprint density at radius 1 is 1.04 bits per heavy atom. The first-order valence-corrected chi connectivity index (χ1v) is 8.81. The van der Waals surface area contributed by atoms with Gasteiger partial charge in [0, 0.05) is 22.3 Å². The Hall–Kier alpha value is -1.89. The van der Waals surface area contributed by atoms with Crippen LogP contribution in [-0.2, 0) is 9.59 Å². The first kappa shape index (κ1) is 19.4. The summed E-state index contributed by atoms with van der Waals surface area (Å²) >= 11 is 15.1. The molecule has 0 aliphatic rings. The van der Waals surface area contributed by atoms with Crippen molar-refractivity contribution in [2.45, 2.75) is 12.8 Å². The third-order valence-electron chi connectivity index (χ3n) is 3.06. The van der Waals surface area contributed by atoms with Gasteiger partial charge in [-0.15, -0.1) is 0 Å². The lowest BCUT2D eigenvalue weighted by atomic mass is 10.2. The molecule has 0 radical (unpaired) electrons. The first-order chi connectivity index (χ1) is 11.9. The van der Waals surface area contributed by atoms with E-state index in [4.69, 9.17) is 23.2 Å². The Bertz CT molecular complexity index is 795. The molecule has 0 atom stereocenters. The molecule has 0 bridgehead atoms. The van der Waals surface area contributed by atoms with Gasteiger partial charge >= 0.3 is 0 Å². The van der Waals surface area contributed by atoms with E-state index in [9.17, 15) is 9.59 Å². The molecule has 0 aliphatic carbocycles. The molecule has 2 rings (SSSR count). The van der Waals surface area contributed by atoms with Crippen molar-refractivity contribution in [2.75, 3.05) is 5.32 Å². The Kier molecular flexibility index (Phi) is 7.43. The van der Waals surface area contributed by atoms with Gasteiger partial charge in [0.1, 0.15) is 0 Å². The molecule has 2 aromatic carbocycles. The fraction of sp³-hybridized carbons (Fsp3) is 0.118. The molecule has 2 N–H and O–H groups in total. The van der Waals surface area contributed by atoms with Gasteiger partial charge in [-0.25, -0.2) is 5.43 Å². The lowest BCUT2D eigenvalue weighted by Gasteiger charge is -2.07. The Balaban J connectivity index is 1.75. The summed E-state index contributed by atoms with van der Waals surface area (Å²) in [4.78, 5) is 23.6. The van der Waals surface area contributed by atoms with Gasteiger partial charge in [-0.3, -0.25) is 9.59 Å². The SMILES string of the molecule is O=C(CCC(=O)Nc1ccc(Cl)cc1Cl)NN=Cc1ccc(Br)cc1.